The highest BCUT2D eigenvalue weighted by molar-refractivity contribution is 7.89. The molecule has 1 aliphatic heterocycles. The first-order valence-corrected chi connectivity index (χ1v) is 11.4. The molecule has 2 aromatic rings. The highest BCUT2D eigenvalue weighted by atomic mass is 32.2. The molecule has 0 aliphatic carbocycles. The van der Waals surface area contributed by atoms with Gasteiger partial charge in [0.25, 0.3) is 0 Å². The van der Waals surface area contributed by atoms with Gasteiger partial charge in [-0.2, -0.15) is 4.31 Å². The standard InChI is InChI=1S/C21H27N3O6S/c1-12-9-17(10-18(13(12)2)21(26)29-5)22-20(25)16-7-6-8-24(11-16)31(27,28)19-14(3)23-30-15(19)4/h9-10,16H,6-8,11H2,1-5H3,(H,22,25). The molecule has 0 spiro atoms. The summed E-state index contributed by atoms with van der Waals surface area (Å²) in [7, 11) is -2.51. The molecule has 0 radical (unpaired) electrons. The molecule has 1 aromatic heterocycles. The van der Waals surface area contributed by atoms with Crippen molar-refractivity contribution in [2.45, 2.75) is 45.4 Å². The Morgan fingerprint density at radius 1 is 1.23 bits per heavy atom. The van der Waals surface area contributed by atoms with Gasteiger partial charge in [0.2, 0.25) is 15.9 Å². The zero-order valence-corrected chi connectivity index (χ0v) is 19.1. The maximum atomic E-state index is 13.1. The van der Waals surface area contributed by atoms with Crippen LogP contribution >= 0.6 is 0 Å². The van der Waals surface area contributed by atoms with Gasteiger partial charge in [-0.3, -0.25) is 4.79 Å². The first-order chi connectivity index (χ1) is 14.6. The van der Waals surface area contributed by atoms with Crippen molar-refractivity contribution < 1.29 is 27.3 Å². The lowest BCUT2D eigenvalue weighted by molar-refractivity contribution is -0.120. The summed E-state index contributed by atoms with van der Waals surface area (Å²) in [6.07, 6.45) is 1.12. The van der Waals surface area contributed by atoms with Gasteiger partial charge in [0.15, 0.2) is 5.76 Å². The number of sulfonamides is 1. The van der Waals surface area contributed by atoms with E-state index in [0.717, 1.165) is 11.1 Å². The van der Waals surface area contributed by atoms with Gasteiger partial charge < -0.3 is 14.6 Å². The Labute approximate surface area is 181 Å². The van der Waals surface area contributed by atoms with Gasteiger partial charge in [-0.25, -0.2) is 13.2 Å². The van der Waals surface area contributed by atoms with E-state index in [0.29, 0.717) is 36.3 Å². The minimum atomic E-state index is -3.82. The van der Waals surface area contributed by atoms with Crippen LogP contribution in [-0.4, -0.2) is 50.0 Å². The SMILES string of the molecule is COC(=O)c1cc(NC(=O)C2CCCN(S(=O)(=O)c3c(C)noc3C)C2)cc(C)c1C. The predicted octanol–water partition coefficient (Wildman–Crippen LogP) is 2.73. The lowest BCUT2D eigenvalue weighted by Gasteiger charge is -2.31. The number of esters is 1. The number of amides is 1. The number of methoxy groups -OCH3 is 1. The van der Waals surface area contributed by atoms with E-state index < -0.39 is 21.9 Å². The van der Waals surface area contributed by atoms with E-state index in [2.05, 4.69) is 10.5 Å². The van der Waals surface area contributed by atoms with Gasteiger partial charge in [0, 0.05) is 18.8 Å². The molecule has 1 aliphatic rings. The van der Waals surface area contributed by atoms with E-state index in [4.69, 9.17) is 9.26 Å². The van der Waals surface area contributed by atoms with E-state index in [1.54, 1.807) is 26.0 Å². The Bertz CT molecular complexity index is 1100. The third kappa shape index (κ3) is 4.49. The molecular weight excluding hydrogens is 422 g/mol. The molecule has 1 amide bonds. The largest absolute Gasteiger partial charge is 0.465 e. The van der Waals surface area contributed by atoms with Crippen LogP contribution in [0.1, 0.15) is 45.8 Å². The van der Waals surface area contributed by atoms with Crippen molar-refractivity contribution in [3.63, 3.8) is 0 Å². The lowest BCUT2D eigenvalue weighted by Crippen LogP contribution is -2.43. The zero-order valence-electron chi connectivity index (χ0n) is 18.3. The number of anilines is 1. The molecule has 1 N–H and O–H groups in total. The van der Waals surface area contributed by atoms with Crippen LogP contribution < -0.4 is 5.32 Å². The van der Waals surface area contributed by atoms with Crippen LogP contribution in [0, 0.1) is 33.6 Å². The third-order valence-corrected chi connectivity index (χ3v) is 7.77. The van der Waals surface area contributed by atoms with E-state index in [9.17, 15) is 18.0 Å². The van der Waals surface area contributed by atoms with E-state index in [1.165, 1.54) is 11.4 Å². The van der Waals surface area contributed by atoms with Gasteiger partial charge in [-0.1, -0.05) is 5.16 Å². The number of carbonyl (C=O) groups is 2. The molecule has 0 saturated carbocycles. The molecule has 1 fully saturated rings. The summed E-state index contributed by atoms with van der Waals surface area (Å²) in [6, 6.07) is 3.36. The first kappa shape index (κ1) is 23.0. The molecule has 0 bridgehead atoms. The van der Waals surface area contributed by atoms with Crippen LogP contribution in [0.4, 0.5) is 5.69 Å². The minimum absolute atomic E-state index is 0.0606. The number of piperidine rings is 1. The summed E-state index contributed by atoms with van der Waals surface area (Å²) < 4.78 is 37.3. The number of hydrogen-bond acceptors (Lipinski definition) is 7. The number of nitrogens with one attached hydrogen (secondary N) is 1. The third-order valence-electron chi connectivity index (χ3n) is 5.66. The number of nitrogens with zero attached hydrogens (tertiary/aromatic N) is 2. The summed E-state index contributed by atoms with van der Waals surface area (Å²) in [5, 5.41) is 6.56. The van der Waals surface area contributed by atoms with Gasteiger partial charge in [-0.05, 0) is 63.8 Å². The Morgan fingerprint density at radius 2 is 1.94 bits per heavy atom. The maximum absolute atomic E-state index is 13.1. The van der Waals surface area contributed by atoms with E-state index >= 15 is 0 Å². The molecular formula is C21H27N3O6S. The second-order valence-corrected chi connectivity index (χ2v) is 9.68. The monoisotopic (exact) mass is 449 g/mol. The average Bonchev–Trinajstić information content (AvgIpc) is 3.08. The zero-order chi connectivity index (χ0) is 22.9. The van der Waals surface area contributed by atoms with Crippen LogP contribution in [0.15, 0.2) is 21.6 Å². The molecule has 1 atom stereocenters. The fraction of sp³-hybridized carbons (Fsp3) is 0.476. The van der Waals surface area contributed by atoms with E-state index in [1.807, 2.05) is 13.8 Å². The predicted molar refractivity (Wildman–Crippen MR) is 113 cm³/mol. The highest BCUT2D eigenvalue weighted by Gasteiger charge is 2.36. The number of hydrogen-bond donors (Lipinski definition) is 1. The summed E-state index contributed by atoms with van der Waals surface area (Å²) in [4.78, 5) is 25.0. The Morgan fingerprint density at radius 3 is 2.55 bits per heavy atom. The molecule has 168 valence electrons. The van der Waals surface area contributed by atoms with Crippen LogP contribution in [0.3, 0.4) is 0 Å². The highest BCUT2D eigenvalue weighted by Crippen LogP contribution is 2.29. The number of rotatable bonds is 5. The smallest absolute Gasteiger partial charge is 0.338 e. The Balaban J connectivity index is 1.79. The number of aryl methyl sites for hydroxylation is 3. The maximum Gasteiger partial charge on any atom is 0.338 e. The van der Waals surface area contributed by atoms with Crippen molar-refractivity contribution in [1.82, 2.24) is 9.46 Å². The van der Waals surface area contributed by atoms with E-state index in [-0.39, 0.29) is 23.1 Å². The van der Waals surface area contributed by atoms with Crippen LogP contribution in [-0.2, 0) is 19.6 Å². The van der Waals surface area contributed by atoms with Crippen molar-refractivity contribution in [2.75, 3.05) is 25.5 Å². The van der Waals surface area contributed by atoms with Crippen molar-refractivity contribution in [3.8, 4) is 0 Å². The number of ether oxygens (including phenoxy) is 1. The molecule has 1 aromatic carbocycles. The fourth-order valence-electron chi connectivity index (χ4n) is 3.84. The number of carbonyl (C=O) groups excluding carboxylic acids is 2. The number of benzene rings is 1. The summed E-state index contributed by atoms with van der Waals surface area (Å²) in [6.45, 7) is 7.18. The molecule has 10 heteroatoms. The van der Waals surface area contributed by atoms with Crippen LogP contribution in [0.25, 0.3) is 0 Å². The quantitative estimate of drug-likeness (QED) is 0.697. The summed E-state index contributed by atoms with van der Waals surface area (Å²) in [5.41, 5.74) is 2.77. The number of aromatic nitrogens is 1. The van der Waals surface area contributed by atoms with Gasteiger partial charge >= 0.3 is 5.97 Å². The van der Waals surface area contributed by atoms with Crippen molar-refractivity contribution in [3.05, 3.63) is 40.3 Å². The first-order valence-electron chi connectivity index (χ1n) is 9.99. The molecule has 1 saturated heterocycles. The molecule has 9 nitrogen and oxygen atoms in total. The second kappa shape index (κ2) is 8.80. The van der Waals surface area contributed by atoms with Gasteiger partial charge in [0.05, 0.1) is 18.6 Å². The Kier molecular flexibility index (Phi) is 6.51. The average molecular weight is 450 g/mol. The molecule has 31 heavy (non-hydrogen) atoms. The Hall–Kier alpha value is -2.72. The normalized spacial score (nSPS) is 17.4. The molecule has 3 rings (SSSR count). The van der Waals surface area contributed by atoms with Crippen molar-refractivity contribution >= 4 is 27.6 Å². The topological polar surface area (TPSA) is 119 Å². The fourth-order valence-corrected chi connectivity index (χ4v) is 5.66. The van der Waals surface area contributed by atoms with Crippen LogP contribution in [0.5, 0.6) is 0 Å². The van der Waals surface area contributed by atoms with Crippen molar-refractivity contribution in [2.24, 2.45) is 5.92 Å². The lowest BCUT2D eigenvalue weighted by atomic mass is 9.98. The van der Waals surface area contributed by atoms with Crippen LogP contribution in [0.2, 0.25) is 0 Å². The van der Waals surface area contributed by atoms with Gasteiger partial charge in [0.1, 0.15) is 10.6 Å². The molecule has 2 heterocycles. The second-order valence-electron chi connectivity index (χ2n) is 7.80. The van der Waals surface area contributed by atoms with Crippen molar-refractivity contribution in [1.29, 1.82) is 0 Å². The summed E-state index contributed by atoms with van der Waals surface area (Å²) >= 11 is 0. The van der Waals surface area contributed by atoms with Gasteiger partial charge in [-0.15, -0.1) is 0 Å². The molecule has 1 unspecified atom stereocenters. The summed E-state index contributed by atoms with van der Waals surface area (Å²) in [5.74, 6) is -1.06. The minimum Gasteiger partial charge on any atom is -0.465 e.